The first-order valence-electron chi connectivity index (χ1n) is 9.27. The number of carbonyl (C=O) groups excluding carboxylic acids is 3. The van der Waals surface area contributed by atoms with E-state index in [1.807, 2.05) is 30.3 Å². The Balaban J connectivity index is 1.73. The Bertz CT molecular complexity index is 973. The Labute approximate surface area is 178 Å². The quantitative estimate of drug-likeness (QED) is 0.467. The SMILES string of the molecule is CCOC(=O)CN1C(=O)S/C(=C/c2ccc(OCc3ccccc3)c(OC)c2)C1=O. The topological polar surface area (TPSA) is 82.1 Å². The van der Waals surface area contributed by atoms with E-state index in [9.17, 15) is 14.4 Å². The highest BCUT2D eigenvalue weighted by atomic mass is 32.2. The monoisotopic (exact) mass is 427 g/mol. The maximum absolute atomic E-state index is 12.5. The van der Waals surface area contributed by atoms with Gasteiger partial charge in [-0.15, -0.1) is 0 Å². The Morgan fingerprint density at radius 1 is 1.10 bits per heavy atom. The van der Waals surface area contributed by atoms with Crippen LogP contribution in [0.25, 0.3) is 6.08 Å². The molecule has 1 heterocycles. The van der Waals surface area contributed by atoms with Crippen LogP contribution >= 0.6 is 11.8 Å². The van der Waals surface area contributed by atoms with Crippen molar-refractivity contribution in [2.45, 2.75) is 13.5 Å². The molecule has 3 rings (SSSR count). The zero-order valence-electron chi connectivity index (χ0n) is 16.6. The van der Waals surface area contributed by atoms with Gasteiger partial charge in [-0.05, 0) is 48.0 Å². The Hall–Kier alpha value is -3.26. The molecule has 8 heteroatoms. The van der Waals surface area contributed by atoms with Crippen molar-refractivity contribution in [3.8, 4) is 11.5 Å². The van der Waals surface area contributed by atoms with Gasteiger partial charge < -0.3 is 14.2 Å². The number of imide groups is 1. The third-order valence-electron chi connectivity index (χ3n) is 4.19. The predicted octanol–water partition coefficient (Wildman–Crippen LogP) is 3.87. The lowest BCUT2D eigenvalue weighted by Crippen LogP contribution is -2.34. The molecule has 0 atom stereocenters. The molecule has 1 fully saturated rings. The van der Waals surface area contributed by atoms with Gasteiger partial charge in [0.25, 0.3) is 11.1 Å². The zero-order chi connectivity index (χ0) is 21.5. The van der Waals surface area contributed by atoms with Crippen LogP contribution in [0.4, 0.5) is 4.79 Å². The number of ether oxygens (including phenoxy) is 3. The summed E-state index contributed by atoms with van der Waals surface area (Å²) in [4.78, 5) is 37.3. The molecule has 0 saturated carbocycles. The Kier molecular flexibility index (Phi) is 7.13. The number of carbonyl (C=O) groups is 3. The lowest BCUT2D eigenvalue weighted by Gasteiger charge is -2.12. The predicted molar refractivity (Wildman–Crippen MR) is 113 cm³/mol. The van der Waals surface area contributed by atoms with E-state index >= 15 is 0 Å². The van der Waals surface area contributed by atoms with E-state index in [1.165, 1.54) is 7.11 Å². The first-order chi connectivity index (χ1) is 14.5. The van der Waals surface area contributed by atoms with Crippen LogP contribution in [0, 0.1) is 0 Å². The van der Waals surface area contributed by atoms with Gasteiger partial charge in [-0.1, -0.05) is 36.4 Å². The van der Waals surface area contributed by atoms with Crippen molar-refractivity contribution >= 4 is 35.0 Å². The first kappa shape index (κ1) is 21.4. The van der Waals surface area contributed by atoms with Crippen LogP contribution in [0.1, 0.15) is 18.1 Å². The molecule has 2 amide bonds. The Morgan fingerprint density at radius 3 is 2.57 bits per heavy atom. The fourth-order valence-electron chi connectivity index (χ4n) is 2.75. The normalized spacial score (nSPS) is 14.9. The number of rotatable bonds is 8. The van der Waals surface area contributed by atoms with Crippen molar-refractivity contribution in [2.24, 2.45) is 0 Å². The van der Waals surface area contributed by atoms with Crippen molar-refractivity contribution in [3.05, 3.63) is 64.6 Å². The minimum atomic E-state index is -0.623. The molecule has 0 spiro atoms. The van der Waals surface area contributed by atoms with Crippen molar-refractivity contribution in [1.29, 1.82) is 0 Å². The molecule has 0 unspecified atom stereocenters. The summed E-state index contributed by atoms with van der Waals surface area (Å²) in [6.07, 6.45) is 1.58. The van der Waals surface area contributed by atoms with Gasteiger partial charge in [-0.25, -0.2) is 0 Å². The number of benzene rings is 2. The van der Waals surface area contributed by atoms with E-state index < -0.39 is 23.7 Å². The number of hydrogen-bond acceptors (Lipinski definition) is 7. The highest BCUT2D eigenvalue weighted by Crippen LogP contribution is 2.34. The second kappa shape index (κ2) is 9.98. The van der Waals surface area contributed by atoms with Crippen molar-refractivity contribution < 1.29 is 28.6 Å². The fourth-order valence-corrected chi connectivity index (χ4v) is 3.59. The van der Waals surface area contributed by atoms with Crippen molar-refractivity contribution in [2.75, 3.05) is 20.3 Å². The van der Waals surface area contributed by atoms with Gasteiger partial charge in [0.05, 0.1) is 18.6 Å². The Morgan fingerprint density at radius 2 is 1.87 bits per heavy atom. The number of nitrogens with zero attached hydrogens (tertiary/aromatic N) is 1. The third-order valence-corrected chi connectivity index (χ3v) is 5.10. The molecule has 2 aromatic rings. The summed E-state index contributed by atoms with van der Waals surface area (Å²) >= 11 is 0.781. The summed E-state index contributed by atoms with van der Waals surface area (Å²) in [5.74, 6) is -0.0802. The van der Waals surface area contributed by atoms with E-state index in [2.05, 4.69) is 0 Å². The molecule has 0 bridgehead atoms. The van der Waals surface area contributed by atoms with Gasteiger partial charge in [0.1, 0.15) is 13.2 Å². The molecule has 0 aliphatic carbocycles. The van der Waals surface area contributed by atoms with Crippen LogP contribution in [0.15, 0.2) is 53.4 Å². The van der Waals surface area contributed by atoms with E-state index in [1.54, 1.807) is 31.2 Å². The molecule has 7 nitrogen and oxygen atoms in total. The summed E-state index contributed by atoms with van der Waals surface area (Å²) in [7, 11) is 1.53. The molecule has 2 aromatic carbocycles. The maximum atomic E-state index is 12.5. The second-order valence-corrected chi connectivity index (χ2v) is 7.25. The summed E-state index contributed by atoms with van der Waals surface area (Å²) in [6, 6.07) is 15.0. The van der Waals surface area contributed by atoms with Gasteiger partial charge in [-0.3, -0.25) is 19.3 Å². The standard InChI is InChI=1S/C22H21NO6S/c1-3-28-20(24)13-23-21(25)19(30-22(23)26)12-16-9-10-17(18(11-16)27-2)29-14-15-7-5-4-6-8-15/h4-12H,3,13-14H2,1-2H3/b19-12+. The number of methoxy groups -OCH3 is 1. The molecule has 1 aliphatic rings. The van der Waals surface area contributed by atoms with E-state index in [0.29, 0.717) is 23.7 Å². The number of thioether (sulfide) groups is 1. The number of esters is 1. The van der Waals surface area contributed by atoms with Gasteiger partial charge in [-0.2, -0.15) is 0 Å². The van der Waals surface area contributed by atoms with Crippen LogP contribution in [0.3, 0.4) is 0 Å². The molecule has 156 valence electrons. The van der Waals surface area contributed by atoms with E-state index in [4.69, 9.17) is 14.2 Å². The van der Waals surface area contributed by atoms with Crippen molar-refractivity contribution in [3.63, 3.8) is 0 Å². The van der Waals surface area contributed by atoms with Crippen LogP contribution in [-0.2, 0) is 20.9 Å². The zero-order valence-corrected chi connectivity index (χ0v) is 17.4. The molecule has 0 N–H and O–H groups in total. The molecule has 0 aromatic heterocycles. The van der Waals surface area contributed by atoms with E-state index in [-0.39, 0.29) is 11.5 Å². The average Bonchev–Trinajstić information content (AvgIpc) is 3.01. The molecule has 1 saturated heterocycles. The average molecular weight is 427 g/mol. The van der Waals surface area contributed by atoms with Crippen LogP contribution in [-0.4, -0.2) is 42.3 Å². The first-order valence-corrected chi connectivity index (χ1v) is 10.1. The highest BCUT2D eigenvalue weighted by Gasteiger charge is 2.36. The summed E-state index contributed by atoms with van der Waals surface area (Å²) in [5, 5.41) is -0.505. The minimum Gasteiger partial charge on any atom is -0.493 e. The third kappa shape index (κ3) is 5.21. The minimum absolute atomic E-state index is 0.184. The lowest BCUT2D eigenvalue weighted by molar-refractivity contribution is -0.145. The summed E-state index contributed by atoms with van der Waals surface area (Å²) < 4.78 is 16.0. The largest absolute Gasteiger partial charge is 0.493 e. The molecular weight excluding hydrogens is 406 g/mol. The molecule has 1 aliphatic heterocycles. The van der Waals surface area contributed by atoms with Gasteiger partial charge in [0.15, 0.2) is 11.5 Å². The molecule has 0 radical (unpaired) electrons. The number of hydrogen-bond donors (Lipinski definition) is 0. The van der Waals surface area contributed by atoms with Crippen LogP contribution in [0.5, 0.6) is 11.5 Å². The van der Waals surface area contributed by atoms with Crippen molar-refractivity contribution in [1.82, 2.24) is 4.90 Å². The number of amides is 2. The second-order valence-electron chi connectivity index (χ2n) is 6.26. The van der Waals surface area contributed by atoms with E-state index in [0.717, 1.165) is 22.2 Å². The lowest BCUT2D eigenvalue weighted by atomic mass is 10.1. The summed E-state index contributed by atoms with van der Waals surface area (Å²) in [5.41, 5.74) is 1.69. The van der Waals surface area contributed by atoms with Crippen LogP contribution in [0.2, 0.25) is 0 Å². The molecule has 30 heavy (non-hydrogen) atoms. The molecular formula is C22H21NO6S. The van der Waals surface area contributed by atoms with Gasteiger partial charge >= 0.3 is 5.97 Å². The smallest absolute Gasteiger partial charge is 0.326 e. The van der Waals surface area contributed by atoms with Crippen LogP contribution < -0.4 is 9.47 Å². The maximum Gasteiger partial charge on any atom is 0.326 e. The highest BCUT2D eigenvalue weighted by molar-refractivity contribution is 8.18. The fraction of sp³-hybridized carbons (Fsp3) is 0.227. The summed E-state index contributed by atoms with van der Waals surface area (Å²) in [6.45, 7) is 1.84. The van der Waals surface area contributed by atoms with Gasteiger partial charge in [0.2, 0.25) is 0 Å². The van der Waals surface area contributed by atoms with Gasteiger partial charge in [0, 0.05) is 0 Å².